The molecule has 4 heterocycles. The van der Waals surface area contributed by atoms with Gasteiger partial charge in [-0.2, -0.15) is 38.5 Å². The van der Waals surface area contributed by atoms with E-state index in [0.717, 1.165) is 143 Å². The third-order valence-corrected chi connectivity index (χ3v) is 19.8. The molecule has 3 aliphatic rings. The summed E-state index contributed by atoms with van der Waals surface area (Å²) in [6, 6.07) is 22.8. The average molecular weight is 1150 g/mol. The zero-order valence-corrected chi connectivity index (χ0v) is 47.5. The fourth-order valence-electron chi connectivity index (χ4n) is 12.1. The Bertz CT molecular complexity index is 4010. The van der Waals surface area contributed by atoms with Crippen LogP contribution in [-0.4, -0.2) is 29.1 Å². The van der Waals surface area contributed by atoms with Gasteiger partial charge in [0.1, 0.15) is 57.5 Å². The summed E-state index contributed by atoms with van der Waals surface area (Å²) < 4.78 is 77.5. The van der Waals surface area contributed by atoms with E-state index in [-0.39, 0.29) is 50.0 Å². The van der Waals surface area contributed by atoms with Gasteiger partial charge in [0.25, 0.3) is 0 Å². The predicted molar refractivity (Wildman–Crippen MR) is 311 cm³/mol. The summed E-state index contributed by atoms with van der Waals surface area (Å²) in [5, 5.41) is 39.9. The first-order chi connectivity index (χ1) is 39.3. The number of halogens is 4. The fourth-order valence-corrected chi connectivity index (χ4v) is 16.0. The number of benzene rings is 4. The number of hydrogen-bond acceptors (Lipinski definition) is 14. The summed E-state index contributed by atoms with van der Waals surface area (Å²) in [5.74, 6) is -5.36. The number of unbranched alkanes of at least 4 members (excludes halogenated alkanes) is 2. The number of carbonyl (C=O) groups is 2. The van der Waals surface area contributed by atoms with E-state index >= 15 is 0 Å². The topological polar surface area (TPSA) is 181 Å². The van der Waals surface area contributed by atoms with Crippen molar-refractivity contribution in [2.75, 3.05) is 0 Å². The molecule has 0 amide bonds. The summed E-state index contributed by atoms with van der Waals surface area (Å²) in [5.41, 5.74) is 5.39. The van der Waals surface area contributed by atoms with E-state index in [1.54, 1.807) is 22.7 Å². The highest BCUT2D eigenvalue weighted by atomic mass is 32.1. The van der Waals surface area contributed by atoms with Crippen LogP contribution in [0.2, 0.25) is 0 Å². The van der Waals surface area contributed by atoms with Crippen molar-refractivity contribution in [3.63, 3.8) is 0 Å². The lowest BCUT2D eigenvalue weighted by atomic mass is 9.65. The van der Waals surface area contributed by atoms with Crippen molar-refractivity contribution in [3.8, 4) is 54.9 Å². The number of ketones is 2. The molecule has 8 aromatic rings. The van der Waals surface area contributed by atoms with Crippen molar-refractivity contribution in [2.45, 2.75) is 97.3 Å². The molecule has 81 heavy (non-hydrogen) atoms. The molecule has 3 aliphatic carbocycles. The number of aromatic nitrogens is 4. The third-order valence-electron chi connectivity index (χ3n) is 16.2. The van der Waals surface area contributed by atoms with Crippen molar-refractivity contribution in [3.05, 3.63) is 151 Å². The second kappa shape index (κ2) is 22.1. The molecular weight excluding hydrogens is 1110 g/mol. The van der Waals surface area contributed by atoms with Crippen molar-refractivity contribution < 1.29 is 27.2 Å². The summed E-state index contributed by atoms with van der Waals surface area (Å²) in [6.45, 7) is 9.02. The van der Waals surface area contributed by atoms with Gasteiger partial charge in [0.15, 0.2) is 34.8 Å². The minimum atomic E-state index is -1.23. The Balaban J connectivity index is 1.06. The number of nitriles is 4. The van der Waals surface area contributed by atoms with Gasteiger partial charge in [-0.05, 0) is 95.5 Å². The maximum absolute atomic E-state index is 14.7. The van der Waals surface area contributed by atoms with Gasteiger partial charge < -0.3 is 0 Å². The number of fused-ring (bicyclic) bond motifs is 7. The fraction of sp³-hybridized carbons (Fsp3) is 0.270. The molecule has 0 radical (unpaired) electrons. The number of nitrogens with zero attached hydrogens (tertiary/aromatic N) is 8. The molecule has 18 heteroatoms. The summed E-state index contributed by atoms with van der Waals surface area (Å²) in [4.78, 5) is 32.2. The van der Waals surface area contributed by atoms with Crippen LogP contribution in [0.4, 0.5) is 17.6 Å². The highest BCUT2D eigenvalue weighted by Gasteiger charge is 2.48. The number of thiophene rings is 2. The van der Waals surface area contributed by atoms with Crippen LogP contribution in [0.5, 0.6) is 0 Å². The molecule has 0 saturated heterocycles. The molecular formula is C63H46F4N8O2S4. The lowest BCUT2D eigenvalue weighted by molar-refractivity contribution is 0.103. The second-order valence-electron chi connectivity index (χ2n) is 20.7. The van der Waals surface area contributed by atoms with Crippen LogP contribution in [0.3, 0.4) is 0 Å². The molecule has 4 aromatic carbocycles. The first-order valence-corrected chi connectivity index (χ1v) is 29.8. The van der Waals surface area contributed by atoms with E-state index in [1.165, 1.54) is 23.3 Å². The summed E-state index contributed by atoms with van der Waals surface area (Å²) in [7, 11) is 0. The minimum absolute atomic E-state index is 0.0366. The van der Waals surface area contributed by atoms with Gasteiger partial charge in [0.2, 0.25) is 0 Å². The minimum Gasteiger partial charge on any atom is -0.289 e. The van der Waals surface area contributed by atoms with E-state index in [4.69, 9.17) is 17.5 Å². The summed E-state index contributed by atoms with van der Waals surface area (Å²) in [6.07, 6.45) is 13.4. The predicted octanol–water partition coefficient (Wildman–Crippen LogP) is 17.4. The first kappa shape index (κ1) is 54.8. The van der Waals surface area contributed by atoms with Crippen LogP contribution in [0, 0.1) is 80.4 Å². The molecule has 10 nitrogen and oxygen atoms in total. The van der Waals surface area contributed by atoms with Gasteiger partial charge in [0, 0.05) is 80.6 Å². The zero-order valence-electron chi connectivity index (χ0n) is 44.2. The van der Waals surface area contributed by atoms with Crippen molar-refractivity contribution in [1.82, 2.24) is 17.5 Å². The third kappa shape index (κ3) is 9.15. The van der Waals surface area contributed by atoms with E-state index < -0.39 is 46.0 Å². The maximum Gasteiger partial charge on any atom is 0.194 e. The normalized spacial score (nSPS) is 15.7. The molecule has 0 saturated carbocycles. The Morgan fingerprint density at radius 3 is 1.26 bits per heavy atom. The highest BCUT2D eigenvalue weighted by Crippen LogP contribution is 2.63. The first-order valence-electron chi connectivity index (χ1n) is 26.7. The molecule has 402 valence electrons. The van der Waals surface area contributed by atoms with E-state index in [1.807, 2.05) is 48.5 Å². The quantitative estimate of drug-likeness (QED) is 0.0513. The number of hydrogen-bond donors (Lipinski definition) is 0. The Morgan fingerprint density at radius 1 is 0.531 bits per heavy atom. The molecule has 0 spiro atoms. The van der Waals surface area contributed by atoms with Crippen LogP contribution < -0.4 is 0 Å². The van der Waals surface area contributed by atoms with Crippen molar-refractivity contribution >= 4 is 103 Å². The molecule has 0 fully saturated rings. The monoisotopic (exact) mass is 1150 g/mol. The summed E-state index contributed by atoms with van der Waals surface area (Å²) >= 11 is 5.38. The Labute approximate surface area is 480 Å². The molecule has 0 aliphatic heterocycles. The van der Waals surface area contributed by atoms with E-state index in [2.05, 4.69) is 39.8 Å². The largest absolute Gasteiger partial charge is 0.289 e. The maximum atomic E-state index is 14.7. The van der Waals surface area contributed by atoms with Crippen LogP contribution in [0.1, 0.15) is 146 Å². The van der Waals surface area contributed by atoms with Crippen LogP contribution in [0.25, 0.3) is 76.0 Å². The number of rotatable bonds is 16. The number of Topliss-reactive ketones (excluding diaryl/α,β-unsaturated/α-hetero) is 2. The van der Waals surface area contributed by atoms with Crippen LogP contribution >= 0.6 is 46.1 Å². The van der Waals surface area contributed by atoms with Gasteiger partial charge in [-0.25, -0.2) is 17.6 Å². The number of carbonyl (C=O) groups excluding carboxylic acids is 2. The highest BCUT2D eigenvalue weighted by molar-refractivity contribution is 7.26. The molecule has 0 N–H and O–H groups in total. The second-order valence-corrected chi connectivity index (χ2v) is 23.9. The molecule has 2 atom stereocenters. The SMILES string of the molecule is CCCCC(CC)CC1(CC(CC)CCCC)c2cc(-c3ccc(/C=C4\C(=O)c5cc(F)c(F)cc5C4=C(C#N)C#N)c4nsnc34)sc2-c2sc(-c3ccc(/C=C4\C(=O)c5cc(F)c(F)cc5C4=C(C#N)C#N)c4nsnc34)cc21. The standard InChI is InChI=1S/C63H46F4N8O2S4/c1-5-9-11-31(7-3)25-63(26-32(8-4)12-10-6-2)45-23-51(37-15-13-33(55-57(37)74-80-72-55)17-43-53(35(27-68)28-69)39-19-47(64)49(66)21-41(39)59(43)76)78-61(45)62-46(63)24-52(79-62)38-16-14-34(56-58(38)75-81-73-56)18-44-54(36(29-70)30-71)40-20-48(65)50(67)22-42(40)60(44)77/h13-24,31-32H,5-12,25-26H2,1-4H3/b43-17-,44-18-. The Hall–Kier alpha value is -8.10. The smallest absolute Gasteiger partial charge is 0.194 e. The Morgan fingerprint density at radius 2 is 0.901 bits per heavy atom. The molecule has 11 rings (SSSR count). The average Bonchev–Trinajstić information content (AvgIpc) is 4.22. The van der Waals surface area contributed by atoms with Gasteiger partial charge in [-0.1, -0.05) is 103 Å². The lowest BCUT2D eigenvalue weighted by Gasteiger charge is -2.37. The van der Waals surface area contributed by atoms with Crippen LogP contribution in [-0.2, 0) is 5.41 Å². The van der Waals surface area contributed by atoms with Gasteiger partial charge >= 0.3 is 0 Å². The zero-order chi connectivity index (χ0) is 57.0. The van der Waals surface area contributed by atoms with Crippen LogP contribution in [0.15, 0.2) is 83.0 Å². The molecule has 2 unspecified atom stereocenters. The molecule has 0 bridgehead atoms. The van der Waals surface area contributed by atoms with Crippen molar-refractivity contribution in [2.24, 2.45) is 11.8 Å². The van der Waals surface area contributed by atoms with E-state index in [0.29, 0.717) is 45.0 Å². The van der Waals surface area contributed by atoms with E-state index in [9.17, 15) is 48.2 Å². The van der Waals surface area contributed by atoms with Gasteiger partial charge in [-0.15, -0.1) is 22.7 Å². The van der Waals surface area contributed by atoms with Crippen molar-refractivity contribution in [1.29, 1.82) is 21.0 Å². The Kier molecular flexibility index (Phi) is 15.0. The van der Waals surface area contributed by atoms with Gasteiger partial charge in [0.05, 0.1) is 23.5 Å². The lowest BCUT2D eigenvalue weighted by Crippen LogP contribution is -2.31. The number of allylic oxidation sites excluding steroid dienone is 6. The van der Waals surface area contributed by atoms with Gasteiger partial charge in [-0.3, -0.25) is 9.59 Å². The molecule has 4 aromatic heterocycles.